The molecule has 1 unspecified atom stereocenters. The number of nitro groups is 1. The van der Waals surface area contributed by atoms with Gasteiger partial charge in [0.25, 0.3) is 17.4 Å². The van der Waals surface area contributed by atoms with E-state index in [0.29, 0.717) is 11.3 Å². The third-order valence-corrected chi connectivity index (χ3v) is 6.98. The second-order valence-electron chi connectivity index (χ2n) is 9.37. The standard InChI is InChI=1S/C28H26N4O6/c1-29-13-15-30(16-14-29)20-7-9-21(10-8-20)31-25(18-5-11-23(33)12-6-18)24(27(35)28(31)36)26(34)19-3-2-4-22(17-19)32(37)38/h2-12,17,25,33-34H,13-16H2,1H3/b26-24-. The number of anilines is 2. The van der Waals surface area contributed by atoms with Gasteiger partial charge >= 0.3 is 0 Å². The monoisotopic (exact) mass is 514 g/mol. The third kappa shape index (κ3) is 4.57. The van der Waals surface area contributed by atoms with Crippen LogP contribution in [0.3, 0.4) is 0 Å². The number of amides is 1. The van der Waals surface area contributed by atoms with Gasteiger partial charge in [-0.25, -0.2) is 0 Å². The van der Waals surface area contributed by atoms with Gasteiger partial charge < -0.3 is 20.0 Å². The number of hydrogen-bond acceptors (Lipinski definition) is 8. The average Bonchev–Trinajstić information content (AvgIpc) is 3.19. The van der Waals surface area contributed by atoms with Crippen LogP contribution in [0.5, 0.6) is 5.75 Å². The molecule has 3 aromatic rings. The summed E-state index contributed by atoms with van der Waals surface area (Å²) in [4.78, 5) is 43.2. The Labute approximate surface area is 218 Å². The number of aliphatic hydroxyl groups is 1. The molecule has 194 valence electrons. The molecule has 10 heteroatoms. The number of carbonyl (C=O) groups excluding carboxylic acids is 2. The zero-order valence-electron chi connectivity index (χ0n) is 20.7. The number of phenolic OH excluding ortho intramolecular Hbond substituents is 1. The van der Waals surface area contributed by atoms with Gasteiger partial charge in [0, 0.05) is 55.2 Å². The third-order valence-electron chi connectivity index (χ3n) is 6.98. The van der Waals surface area contributed by atoms with Crippen molar-refractivity contribution in [3.05, 3.63) is 99.6 Å². The van der Waals surface area contributed by atoms with Crippen LogP contribution < -0.4 is 9.80 Å². The summed E-state index contributed by atoms with van der Waals surface area (Å²) < 4.78 is 0. The molecule has 0 radical (unpaired) electrons. The van der Waals surface area contributed by atoms with Crippen molar-refractivity contribution in [2.45, 2.75) is 6.04 Å². The first-order valence-electron chi connectivity index (χ1n) is 12.1. The molecule has 0 bridgehead atoms. The summed E-state index contributed by atoms with van der Waals surface area (Å²) in [6.45, 7) is 3.62. The van der Waals surface area contributed by atoms with Crippen LogP contribution in [0.2, 0.25) is 0 Å². The molecule has 10 nitrogen and oxygen atoms in total. The quantitative estimate of drug-likeness (QED) is 0.174. The van der Waals surface area contributed by atoms with Gasteiger partial charge in [0.1, 0.15) is 11.5 Å². The van der Waals surface area contributed by atoms with Crippen molar-refractivity contribution in [2.24, 2.45) is 0 Å². The highest BCUT2D eigenvalue weighted by molar-refractivity contribution is 6.51. The van der Waals surface area contributed by atoms with E-state index in [4.69, 9.17) is 0 Å². The number of nitro benzene ring substituents is 1. The van der Waals surface area contributed by atoms with E-state index >= 15 is 0 Å². The molecule has 3 aromatic carbocycles. The molecule has 0 aliphatic carbocycles. The Morgan fingerprint density at radius 2 is 1.55 bits per heavy atom. The Hall–Kier alpha value is -4.70. The number of carbonyl (C=O) groups is 2. The van der Waals surface area contributed by atoms with Crippen LogP contribution in [-0.4, -0.2) is 65.0 Å². The van der Waals surface area contributed by atoms with Gasteiger partial charge in [0.2, 0.25) is 0 Å². The number of likely N-dealkylation sites (N-methyl/N-ethyl adjacent to an activating group) is 1. The maximum absolute atomic E-state index is 13.4. The van der Waals surface area contributed by atoms with Crippen LogP contribution >= 0.6 is 0 Å². The zero-order valence-corrected chi connectivity index (χ0v) is 20.7. The Morgan fingerprint density at radius 1 is 0.921 bits per heavy atom. The SMILES string of the molecule is CN1CCN(c2ccc(N3C(=O)C(=O)/C(=C(\O)c4cccc([N+](=O)[O-])c4)C3c3ccc(O)cc3)cc2)CC1. The van der Waals surface area contributed by atoms with Crippen molar-refractivity contribution in [2.75, 3.05) is 43.0 Å². The first-order valence-corrected chi connectivity index (χ1v) is 12.1. The number of piperazine rings is 1. The molecule has 2 aliphatic rings. The topological polar surface area (TPSA) is 127 Å². The van der Waals surface area contributed by atoms with Crippen molar-refractivity contribution >= 4 is 34.5 Å². The number of Topliss-reactive ketones (excluding diaryl/α,β-unsaturated/α-hetero) is 1. The predicted molar refractivity (Wildman–Crippen MR) is 142 cm³/mol. The average molecular weight is 515 g/mol. The fourth-order valence-electron chi connectivity index (χ4n) is 4.88. The van der Waals surface area contributed by atoms with Gasteiger partial charge in [-0.05, 0) is 49.0 Å². The second kappa shape index (κ2) is 9.98. The Morgan fingerprint density at radius 3 is 2.18 bits per heavy atom. The summed E-state index contributed by atoms with van der Waals surface area (Å²) in [5.41, 5.74) is 1.54. The van der Waals surface area contributed by atoms with Crippen molar-refractivity contribution in [1.29, 1.82) is 0 Å². The fourth-order valence-corrected chi connectivity index (χ4v) is 4.88. The summed E-state index contributed by atoms with van der Waals surface area (Å²) in [7, 11) is 2.08. The maximum Gasteiger partial charge on any atom is 0.300 e. The van der Waals surface area contributed by atoms with Gasteiger partial charge in [-0.1, -0.05) is 24.3 Å². The minimum atomic E-state index is -1.01. The molecule has 2 N–H and O–H groups in total. The molecule has 2 aliphatic heterocycles. The summed E-state index contributed by atoms with van der Waals surface area (Å²) in [5, 5.41) is 32.3. The fraction of sp³-hybridized carbons (Fsp3) is 0.214. The van der Waals surface area contributed by atoms with Crippen LogP contribution in [0.1, 0.15) is 17.2 Å². The molecular formula is C28H26N4O6. The van der Waals surface area contributed by atoms with Gasteiger partial charge in [-0.3, -0.25) is 24.6 Å². The summed E-state index contributed by atoms with van der Waals surface area (Å²) in [6.07, 6.45) is 0. The molecular weight excluding hydrogens is 488 g/mol. The first-order chi connectivity index (χ1) is 18.2. The van der Waals surface area contributed by atoms with Crippen molar-refractivity contribution in [1.82, 2.24) is 4.90 Å². The number of phenols is 1. The number of hydrogen-bond donors (Lipinski definition) is 2. The minimum absolute atomic E-state index is 0.000847. The van der Waals surface area contributed by atoms with Gasteiger partial charge in [-0.2, -0.15) is 0 Å². The van der Waals surface area contributed by atoms with Crippen LogP contribution in [0.15, 0.2) is 78.4 Å². The molecule has 5 rings (SSSR count). The van der Waals surface area contributed by atoms with E-state index in [-0.39, 0.29) is 22.6 Å². The van der Waals surface area contributed by atoms with E-state index in [2.05, 4.69) is 16.8 Å². The van der Waals surface area contributed by atoms with Crippen molar-refractivity contribution < 1.29 is 24.7 Å². The number of aromatic hydroxyl groups is 1. The van der Waals surface area contributed by atoms with E-state index in [1.165, 1.54) is 35.2 Å². The van der Waals surface area contributed by atoms with E-state index in [0.717, 1.165) is 37.9 Å². The highest BCUT2D eigenvalue weighted by Crippen LogP contribution is 2.43. The first kappa shape index (κ1) is 25.0. The number of aliphatic hydroxyl groups excluding tert-OH is 1. The molecule has 0 saturated carbocycles. The summed E-state index contributed by atoms with van der Waals surface area (Å²) in [6, 6.07) is 17.6. The highest BCUT2D eigenvalue weighted by Gasteiger charge is 2.47. The van der Waals surface area contributed by atoms with E-state index in [9.17, 15) is 29.9 Å². The Balaban J connectivity index is 1.59. The Kier molecular flexibility index (Phi) is 6.56. The normalized spacial score (nSPS) is 19.7. The summed E-state index contributed by atoms with van der Waals surface area (Å²) >= 11 is 0. The predicted octanol–water partition coefficient (Wildman–Crippen LogP) is 3.68. The van der Waals surface area contributed by atoms with Gasteiger partial charge in [0.15, 0.2) is 0 Å². The largest absolute Gasteiger partial charge is 0.508 e. The summed E-state index contributed by atoms with van der Waals surface area (Å²) in [5.74, 6) is -2.25. The molecule has 2 fully saturated rings. The molecule has 1 atom stereocenters. The Bertz CT molecular complexity index is 1430. The number of non-ortho nitro benzene ring substituents is 1. The van der Waals surface area contributed by atoms with Crippen LogP contribution in [0, 0.1) is 10.1 Å². The smallest absolute Gasteiger partial charge is 0.300 e. The lowest BCUT2D eigenvalue weighted by atomic mass is 9.95. The molecule has 0 aromatic heterocycles. The van der Waals surface area contributed by atoms with Crippen LogP contribution in [0.25, 0.3) is 5.76 Å². The van der Waals surface area contributed by atoms with Crippen molar-refractivity contribution in [3.8, 4) is 5.75 Å². The number of ketones is 1. The molecule has 2 heterocycles. The molecule has 0 spiro atoms. The van der Waals surface area contributed by atoms with E-state index < -0.39 is 28.4 Å². The molecule has 38 heavy (non-hydrogen) atoms. The van der Waals surface area contributed by atoms with E-state index in [1.807, 2.05) is 12.1 Å². The van der Waals surface area contributed by atoms with Gasteiger partial charge in [-0.15, -0.1) is 0 Å². The van der Waals surface area contributed by atoms with Crippen LogP contribution in [-0.2, 0) is 9.59 Å². The van der Waals surface area contributed by atoms with Crippen molar-refractivity contribution in [3.63, 3.8) is 0 Å². The minimum Gasteiger partial charge on any atom is -0.508 e. The number of benzene rings is 3. The van der Waals surface area contributed by atoms with Crippen LogP contribution in [0.4, 0.5) is 17.1 Å². The molecule has 2 saturated heterocycles. The number of nitrogens with zero attached hydrogens (tertiary/aromatic N) is 4. The molecule has 1 amide bonds. The highest BCUT2D eigenvalue weighted by atomic mass is 16.6. The zero-order chi connectivity index (χ0) is 27.0. The van der Waals surface area contributed by atoms with E-state index in [1.54, 1.807) is 24.3 Å². The second-order valence-corrected chi connectivity index (χ2v) is 9.37. The lowest BCUT2D eigenvalue weighted by Crippen LogP contribution is -2.44. The number of rotatable bonds is 5. The lowest BCUT2D eigenvalue weighted by Gasteiger charge is -2.34. The maximum atomic E-state index is 13.4. The van der Waals surface area contributed by atoms with Gasteiger partial charge in [0.05, 0.1) is 16.5 Å². The lowest BCUT2D eigenvalue weighted by molar-refractivity contribution is -0.384.